The molecule has 0 amide bonds. The highest BCUT2D eigenvalue weighted by molar-refractivity contribution is 5.50. The molecule has 1 aliphatic rings. The maximum atomic E-state index is 6.02. The van der Waals surface area contributed by atoms with Crippen LogP contribution >= 0.6 is 0 Å². The normalized spacial score (nSPS) is 23.1. The molecule has 0 radical (unpaired) electrons. The number of hydrogen-bond donors (Lipinski definition) is 1. The van der Waals surface area contributed by atoms with Gasteiger partial charge in [0.2, 0.25) is 0 Å². The molecule has 1 aliphatic carbocycles. The number of rotatable bonds is 5. The van der Waals surface area contributed by atoms with E-state index in [9.17, 15) is 0 Å². The third kappa shape index (κ3) is 4.03. The van der Waals surface area contributed by atoms with Crippen LogP contribution in [-0.4, -0.2) is 25.9 Å². The molecule has 0 saturated heterocycles. The van der Waals surface area contributed by atoms with Gasteiger partial charge in [-0.15, -0.1) is 0 Å². The van der Waals surface area contributed by atoms with E-state index < -0.39 is 0 Å². The van der Waals surface area contributed by atoms with Gasteiger partial charge >= 0.3 is 0 Å². The van der Waals surface area contributed by atoms with Crippen molar-refractivity contribution >= 4 is 5.69 Å². The fraction of sp³-hybridized carbons (Fsp3) is 0.600. The molecule has 0 aromatic heterocycles. The maximum absolute atomic E-state index is 6.02. The quantitative estimate of drug-likeness (QED) is 0.831. The van der Waals surface area contributed by atoms with E-state index in [2.05, 4.69) is 0 Å². The number of methoxy groups -OCH3 is 1. The fourth-order valence-corrected chi connectivity index (χ4v) is 2.53. The van der Waals surface area contributed by atoms with Gasteiger partial charge in [0.25, 0.3) is 0 Å². The second-order valence-electron chi connectivity index (χ2n) is 4.93. The highest BCUT2D eigenvalue weighted by atomic mass is 16.5. The molecule has 1 aromatic rings. The molecular weight excluding hydrogens is 242 g/mol. The molecule has 4 nitrogen and oxygen atoms in total. The van der Waals surface area contributed by atoms with E-state index >= 15 is 0 Å². The van der Waals surface area contributed by atoms with Crippen molar-refractivity contribution in [3.05, 3.63) is 18.2 Å². The van der Waals surface area contributed by atoms with Crippen molar-refractivity contribution in [3.8, 4) is 11.5 Å². The second kappa shape index (κ2) is 6.66. The number of nitrogen functional groups attached to an aromatic ring is 1. The zero-order chi connectivity index (χ0) is 13.7. The van der Waals surface area contributed by atoms with Crippen LogP contribution in [0.15, 0.2) is 18.2 Å². The summed E-state index contributed by atoms with van der Waals surface area (Å²) in [5.41, 5.74) is 6.53. The van der Waals surface area contributed by atoms with Crippen LogP contribution in [0.3, 0.4) is 0 Å². The minimum atomic E-state index is 0.204. The van der Waals surface area contributed by atoms with Gasteiger partial charge in [-0.3, -0.25) is 0 Å². The van der Waals surface area contributed by atoms with Crippen LogP contribution in [0.4, 0.5) is 5.69 Å². The van der Waals surface area contributed by atoms with Gasteiger partial charge in [-0.2, -0.15) is 0 Å². The summed E-state index contributed by atoms with van der Waals surface area (Å²) in [6, 6.07) is 5.56. The van der Waals surface area contributed by atoms with Gasteiger partial charge < -0.3 is 19.9 Å². The summed E-state index contributed by atoms with van der Waals surface area (Å²) >= 11 is 0. The molecule has 0 aliphatic heterocycles. The van der Waals surface area contributed by atoms with Crippen molar-refractivity contribution < 1.29 is 14.2 Å². The third-order valence-electron chi connectivity index (χ3n) is 3.43. The van der Waals surface area contributed by atoms with Crippen LogP contribution in [0.25, 0.3) is 0 Å². The van der Waals surface area contributed by atoms with Crippen LogP contribution in [0.1, 0.15) is 32.6 Å². The van der Waals surface area contributed by atoms with Crippen LogP contribution in [0.2, 0.25) is 0 Å². The molecule has 1 fully saturated rings. The lowest BCUT2D eigenvalue weighted by Gasteiger charge is -2.28. The summed E-state index contributed by atoms with van der Waals surface area (Å²) in [5.74, 6) is 1.54. The molecule has 0 bridgehead atoms. The fourth-order valence-electron chi connectivity index (χ4n) is 2.53. The third-order valence-corrected chi connectivity index (χ3v) is 3.43. The summed E-state index contributed by atoms with van der Waals surface area (Å²) < 4.78 is 16.9. The minimum Gasteiger partial charge on any atom is -0.494 e. The number of benzene rings is 1. The van der Waals surface area contributed by atoms with Crippen LogP contribution in [-0.2, 0) is 4.74 Å². The van der Waals surface area contributed by atoms with Crippen molar-refractivity contribution in [2.45, 2.75) is 44.8 Å². The molecule has 1 aromatic carbocycles. The molecule has 0 spiro atoms. The van der Waals surface area contributed by atoms with Crippen molar-refractivity contribution in [2.24, 2.45) is 0 Å². The van der Waals surface area contributed by atoms with E-state index in [4.69, 9.17) is 19.9 Å². The average Bonchev–Trinajstić information content (AvgIpc) is 2.38. The summed E-state index contributed by atoms with van der Waals surface area (Å²) in [7, 11) is 1.76. The van der Waals surface area contributed by atoms with Crippen molar-refractivity contribution in [2.75, 3.05) is 19.5 Å². The van der Waals surface area contributed by atoms with E-state index in [1.807, 2.05) is 25.1 Å². The Hall–Kier alpha value is -1.42. The van der Waals surface area contributed by atoms with E-state index in [1.165, 1.54) is 0 Å². The van der Waals surface area contributed by atoms with E-state index in [1.54, 1.807) is 7.11 Å². The molecule has 106 valence electrons. The van der Waals surface area contributed by atoms with Gasteiger partial charge in [-0.1, -0.05) is 0 Å². The number of hydrogen-bond acceptors (Lipinski definition) is 4. The Morgan fingerprint density at radius 3 is 2.63 bits per heavy atom. The lowest BCUT2D eigenvalue weighted by Crippen LogP contribution is -2.29. The van der Waals surface area contributed by atoms with Crippen LogP contribution in [0, 0.1) is 0 Å². The minimum absolute atomic E-state index is 0.204. The SMILES string of the molecule is CCOc1cc(N)cc(OC2CCCC(OC)C2)c1. The first kappa shape index (κ1) is 14.0. The lowest BCUT2D eigenvalue weighted by molar-refractivity contribution is 0.0209. The summed E-state index contributed by atoms with van der Waals surface area (Å²) in [6.45, 7) is 2.58. The lowest BCUT2D eigenvalue weighted by atomic mass is 9.95. The van der Waals surface area contributed by atoms with Crippen LogP contribution < -0.4 is 15.2 Å². The zero-order valence-corrected chi connectivity index (χ0v) is 11.7. The van der Waals surface area contributed by atoms with Gasteiger partial charge in [0.15, 0.2) is 0 Å². The van der Waals surface area contributed by atoms with Gasteiger partial charge in [0, 0.05) is 37.4 Å². The van der Waals surface area contributed by atoms with E-state index in [0.29, 0.717) is 18.4 Å². The van der Waals surface area contributed by atoms with Crippen molar-refractivity contribution in [3.63, 3.8) is 0 Å². The molecule has 2 unspecified atom stereocenters. The summed E-state index contributed by atoms with van der Waals surface area (Å²) in [4.78, 5) is 0. The first-order valence-electron chi connectivity index (χ1n) is 6.94. The monoisotopic (exact) mass is 265 g/mol. The Labute approximate surface area is 114 Å². The predicted octanol–water partition coefficient (Wildman–Crippen LogP) is 3.00. The Bertz CT molecular complexity index is 408. The zero-order valence-electron chi connectivity index (χ0n) is 11.7. The molecule has 1 saturated carbocycles. The van der Waals surface area contributed by atoms with Gasteiger partial charge in [-0.05, 0) is 26.2 Å². The first-order chi connectivity index (χ1) is 9.21. The molecule has 19 heavy (non-hydrogen) atoms. The Morgan fingerprint density at radius 2 is 1.89 bits per heavy atom. The summed E-state index contributed by atoms with van der Waals surface area (Å²) in [6.07, 6.45) is 4.79. The number of nitrogens with two attached hydrogens (primary N) is 1. The first-order valence-corrected chi connectivity index (χ1v) is 6.94. The molecular formula is C15H23NO3. The van der Waals surface area contributed by atoms with Crippen LogP contribution in [0.5, 0.6) is 11.5 Å². The van der Waals surface area contributed by atoms with Gasteiger partial charge in [0.1, 0.15) is 17.6 Å². The van der Waals surface area contributed by atoms with E-state index in [0.717, 1.165) is 37.2 Å². The van der Waals surface area contributed by atoms with E-state index in [-0.39, 0.29) is 6.10 Å². The highest BCUT2D eigenvalue weighted by Crippen LogP contribution is 2.29. The van der Waals surface area contributed by atoms with Crippen molar-refractivity contribution in [1.29, 1.82) is 0 Å². The van der Waals surface area contributed by atoms with Gasteiger partial charge in [-0.25, -0.2) is 0 Å². The molecule has 2 atom stereocenters. The maximum Gasteiger partial charge on any atom is 0.125 e. The topological polar surface area (TPSA) is 53.7 Å². The predicted molar refractivity (Wildman–Crippen MR) is 75.7 cm³/mol. The number of anilines is 1. The standard InChI is InChI=1S/C15H23NO3/c1-3-18-14-7-11(16)8-15(10-14)19-13-6-4-5-12(9-13)17-2/h7-8,10,12-13H,3-6,9,16H2,1-2H3. The highest BCUT2D eigenvalue weighted by Gasteiger charge is 2.23. The molecule has 2 rings (SSSR count). The smallest absolute Gasteiger partial charge is 0.125 e. The Kier molecular flexibility index (Phi) is 4.91. The largest absolute Gasteiger partial charge is 0.494 e. The summed E-state index contributed by atoms with van der Waals surface area (Å²) in [5, 5.41) is 0. The Morgan fingerprint density at radius 1 is 1.16 bits per heavy atom. The Balaban J connectivity index is 2.01. The molecule has 4 heteroatoms. The second-order valence-corrected chi connectivity index (χ2v) is 4.93. The molecule has 2 N–H and O–H groups in total. The number of ether oxygens (including phenoxy) is 3. The van der Waals surface area contributed by atoms with Crippen molar-refractivity contribution in [1.82, 2.24) is 0 Å². The molecule has 0 heterocycles. The average molecular weight is 265 g/mol. The van der Waals surface area contributed by atoms with Gasteiger partial charge in [0.05, 0.1) is 12.7 Å².